The van der Waals surface area contributed by atoms with Gasteiger partial charge in [-0.3, -0.25) is 4.79 Å². The number of hydrogen-bond donors (Lipinski definition) is 2. The highest BCUT2D eigenvalue weighted by Gasteiger charge is 2.45. The van der Waals surface area contributed by atoms with E-state index in [2.05, 4.69) is 20.6 Å². The summed E-state index contributed by atoms with van der Waals surface area (Å²) in [7, 11) is 3.88. The topological polar surface area (TPSA) is 73.4 Å². The molecule has 3 heterocycles. The molecule has 2 aromatic rings. The van der Waals surface area contributed by atoms with E-state index in [1.165, 1.54) is 0 Å². The van der Waals surface area contributed by atoms with E-state index in [1.54, 1.807) is 6.92 Å². The van der Waals surface area contributed by atoms with Crippen molar-refractivity contribution in [1.29, 1.82) is 0 Å². The van der Waals surface area contributed by atoms with E-state index in [4.69, 9.17) is 0 Å². The van der Waals surface area contributed by atoms with E-state index in [9.17, 15) is 18.0 Å². The molecule has 2 bridgehead atoms. The smallest absolute Gasteiger partial charge is 0.365 e. The number of carbonyl (C=O) groups excluding carboxylic acids is 1. The van der Waals surface area contributed by atoms with E-state index >= 15 is 0 Å². The van der Waals surface area contributed by atoms with E-state index in [0.717, 1.165) is 49.4 Å². The largest absolute Gasteiger partial charge is 0.421 e. The van der Waals surface area contributed by atoms with Gasteiger partial charge in [0.2, 0.25) is 11.9 Å². The number of halogens is 3. The van der Waals surface area contributed by atoms with Gasteiger partial charge < -0.3 is 20.4 Å². The highest BCUT2D eigenvalue weighted by molar-refractivity contribution is 5.77. The van der Waals surface area contributed by atoms with E-state index < -0.39 is 11.7 Å². The van der Waals surface area contributed by atoms with Crippen LogP contribution >= 0.6 is 0 Å². The van der Waals surface area contributed by atoms with Crippen molar-refractivity contribution in [2.75, 3.05) is 24.7 Å². The number of anilines is 3. The first-order valence-electron chi connectivity index (χ1n) is 11.7. The molecule has 1 aromatic carbocycles. The number of amides is 1. The maximum absolute atomic E-state index is 13.7. The first-order chi connectivity index (χ1) is 16.1. The summed E-state index contributed by atoms with van der Waals surface area (Å²) >= 11 is 0. The summed E-state index contributed by atoms with van der Waals surface area (Å²) in [5.74, 6) is -0.0453. The Hall–Kier alpha value is -2.88. The number of hydrogen-bond acceptors (Lipinski definition) is 6. The summed E-state index contributed by atoms with van der Waals surface area (Å²) in [5.41, 5.74) is 2.04. The van der Waals surface area contributed by atoms with Crippen LogP contribution in [-0.4, -0.2) is 51.9 Å². The summed E-state index contributed by atoms with van der Waals surface area (Å²) in [6.07, 6.45) is 0.812. The first kappa shape index (κ1) is 22.9. The molecule has 7 nitrogen and oxygen atoms in total. The normalized spacial score (nSPS) is 25.7. The maximum Gasteiger partial charge on any atom is 0.421 e. The number of rotatable bonds is 5. The Labute approximate surface area is 196 Å². The molecule has 1 aromatic heterocycles. The van der Waals surface area contributed by atoms with Gasteiger partial charge in [-0.15, -0.1) is 0 Å². The van der Waals surface area contributed by atoms with Crippen LogP contribution in [0.25, 0.3) is 0 Å². The van der Waals surface area contributed by atoms with Gasteiger partial charge in [0.25, 0.3) is 0 Å². The van der Waals surface area contributed by atoms with Crippen LogP contribution in [0.2, 0.25) is 0 Å². The predicted octanol–water partition coefficient (Wildman–Crippen LogP) is 4.87. The zero-order valence-electron chi connectivity index (χ0n) is 19.5. The van der Waals surface area contributed by atoms with Crippen LogP contribution in [0.15, 0.2) is 24.4 Å². The Balaban J connectivity index is 1.41. The van der Waals surface area contributed by atoms with Gasteiger partial charge in [-0.1, -0.05) is 6.07 Å². The second kappa shape index (κ2) is 8.41. The van der Waals surface area contributed by atoms with Gasteiger partial charge in [0.1, 0.15) is 11.4 Å². The molecule has 2 fully saturated rings. The lowest BCUT2D eigenvalue weighted by Gasteiger charge is -2.28. The average molecular weight is 475 g/mol. The van der Waals surface area contributed by atoms with Crippen molar-refractivity contribution in [2.24, 2.45) is 0 Å². The van der Waals surface area contributed by atoms with E-state index in [-0.39, 0.29) is 41.8 Å². The number of nitrogens with one attached hydrogen (secondary N) is 2. The summed E-state index contributed by atoms with van der Waals surface area (Å²) in [6.45, 7) is 1.59. The van der Waals surface area contributed by atoms with Crippen LogP contribution in [0.3, 0.4) is 0 Å². The number of fused-ring (bicyclic) bond motifs is 5. The van der Waals surface area contributed by atoms with Crippen LogP contribution in [0.1, 0.15) is 67.8 Å². The fourth-order valence-corrected chi connectivity index (χ4v) is 5.90. The number of nitrogens with zero attached hydrogens (tertiary/aromatic N) is 4. The Morgan fingerprint density at radius 3 is 2.53 bits per heavy atom. The molecule has 182 valence electrons. The lowest BCUT2D eigenvalue weighted by atomic mass is 9.91. The van der Waals surface area contributed by atoms with Crippen molar-refractivity contribution in [2.45, 2.75) is 69.4 Å². The monoisotopic (exact) mass is 474 g/mol. The van der Waals surface area contributed by atoms with Gasteiger partial charge in [-0.25, -0.2) is 4.98 Å². The first-order valence-corrected chi connectivity index (χ1v) is 11.7. The quantitative estimate of drug-likeness (QED) is 0.644. The van der Waals surface area contributed by atoms with Crippen molar-refractivity contribution < 1.29 is 18.0 Å². The second-order valence-corrected chi connectivity index (χ2v) is 9.67. The molecule has 5 rings (SSSR count). The summed E-state index contributed by atoms with van der Waals surface area (Å²) in [5, 5.41) is 6.13. The molecule has 3 aliphatic rings. The summed E-state index contributed by atoms with van der Waals surface area (Å²) in [4.78, 5) is 24.3. The highest BCUT2D eigenvalue weighted by Crippen LogP contribution is 2.53. The SMILES string of the molecule is CC(=O)N1[C@@H]2CC[C@H]1c1ccc(Nc3ncc(C(F)(F)F)c(N[C@@H]4CCC[C@H]4N(C)C)n3)cc12. The van der Waals surface area contributed by atoms with Crippen LogP contribution in [0.5, 0.6) is 0 Å². The molecule has 1 amide bonds. The predicted molar refractivity (Wildman–Crippen MR) is 123 cm³/mol. The zero-order valence-corrected chi connectivity index (χ0v) is 19.5. The highest BCUT2D eigenvalue weighted by atomic mass is 19.4. The maximum atomic E-state index is 13.7. The molecule has 10 heteroatoms. The third-order valence-corrected chi connectivity index (χ3v) is 7.37. The molecule has 2 N–H and O–H groups in total. The summed E-state index contributed by atoms with van der Waals surface area (Å²) in [6, 6.07) is 6.00. The van der Waals surface area contributed by atoms with Crippen molar-refractivity contribution in [3.05, 3.63) is 41.1 Å². The number of benzene rings is 1. The fraction of sp³-hybridized carbons (Fsp3) is 0.542. The number of carbonyl (C=O) groups is 1. The second-order valence-electron chi connectivity index (χ2n) is 9.67. The molecule has 4 atom stereocenters. The molecule has 1 saturated carbocycles. The molecular weight excluding hydrogens is 445 g/mol. The Morgan fingerprint density at radius 2 is 1.85 bits per heavy atom. The number of alkyl halides is 3. The van der Waals surface area contributed by atoms with Crippen molar-refractivity contribution in [3.63, 3.8) is 0 Å². The van der Waals surface area contributed by atoms with E-state index in [1.807, 2.05) is 42.1 Å². The molecule has 0 radical (unpaired) electrons. The molecule has 1 saturated heterocycles. The van der Waals surface area contributed by atoms with Gasteiger partial charge in [-0.2, -0.15) is 18.2 Å². The van der Waals surface area contributed by atoms with Crippen LogP contribution in [0.4, 0.5) is 30.6 Å². The van der Waals surface area contributed by atoms with Crippen molar-refractivity contribution in [3.8, 4) is 0 Å². The Bertz CT molecular complexity index is 1100. The van der Waals surface area contributed by atoms with Crippen molar-refractivity contribution in [1.82, 2.24) is 19.8 Å². The fourth-order valence-electron chi connectivity index (χ4n) is 5.90. The molecule has 1 aliphatic carbocycles. The minimum Gasteiger partial charge on any atom is -0.365 e. The van der Waals surface area contributed by atoms with Gasteiger partial charge in [-0.05, 0) is 69.5 Å². The number of aromatic nitrogens is 2. The third kappa shape index (κ3) is 3.97. The van der Waals surface area contributed by atoms with Gasteiger partial charge in [0, 0.05) is 30.9 Å². The average Bonchev–Trinajstić information content (AvgIpc) is 3.47. The lowest BCUT2D eigenvalue weighted by Crippen LogP contribution is -2.39. The van der Waals surface area contributed by atoms with Crippen molar-refractivity contribution >= 4 is 23.4 Å². The minimum absolute atomic E-state index is 0.0512. The van der Waals surface area contributed by atoms with Gasteiger partial charge >= 0.3 is 6.18 Å². The molecule has 0 spiro atoms. The molecule has 0 unspecified atom stereocenters. The molecule has 2 aliphatic heterocycles. The zero-order chi connectivity index (χ0) is 24.2. The number of likely N-dealkylation sites (N-methyl/N-ethyl adjacent to an activating group) is 1. The van der Waals surface area contributed by atoms with Gasteiger partial charge in [0.05, 0.1) is 12.1 Å². The third-order valence-electron chi connectivity index (χ3n) is 7.37. The molecule has 34 heavy (non-hydrogen) atoms. The minimum atomic E-state index is -4.56. The Kier molecular flexibility index (Phi) is 5.66. The van der Waals surface area contributed by atoms with E-state index in [0.29, 0.717) is 5.69 Å². The van der Waals surface area contributed by atoms with Crippen LogP contribution in [0, 0.1) is 0 Å². The molecular formula is C24H29F3N6O. The van der Waals surface area contributed by atoms with Crippen LogP contribution in [-0.2, 0) is 11.0 Å². The van der Waals surface area contributed by atoms with Crippen LogP contribution < -0.4 is 10.6 Å². The van der Waals surface area contributed by atoms with Gasteiger partial charge in [0.15, 0.2) is 0 Å². The summed E-state index contributed by atoms with van der Waals surface area (Å²) < 4.78 is 41.1. The lowest BCUT2D eigenvalue weighted by molar-refractivity contribution is -0.137. The standard InChI is InChI=1S/C24H29F3N6O/c1-13(34)33-19-9-10-20(33)16-11-14(7-8-15(16)19)29-23-28-12-17(24(25,26)27)22(31-23)30-18-5-4-6-21(18)32(2)3/h7-8,11-12,18-21H,4-6,9-10H2,1-3H3,(H2,28,29,30,31)/t18-,19+,20-,21-/m1/s1. The Morgan fingerprint density at radius 1 is 1.12 bits per heavy atom.